The van der Waals surface area contributed by atoms with Gasteiger partial charge in [-0.2, -0.15) is 5.10 Å². The van der Waals surface area contributed by atoms with Gasteiger partial charge in [-0.05, 0) is 12.5 Å². The summed E-state index contributed by atoms with van der Waals surface area (Å²) in [5.41, 5.74) is 0.894. The van der Waals surface area contributed by atoms with E-state index in [0.717, 1.165) is 0 Å². The zero-order chi connectivity index (χ0) is 16.4. The number of fused-ring (bicyclic) bond motifs is 1. The summed E-state index contributed by atoms with van der Waals surface area (Å²) in [5.74, 6) is -0.145. The number of esters is 1. The number of nitrogens with zero attached hydrogens (tertiary/aromatic N) is 3. The van der Waals surface area contributed by atoms with E-state index in [1.54, 1.807) is 31.2 Å². The van der Waals surface area contributed by atoms with Gasteiger partial charge in [0.1, 0.15) is 11.4 Å². The van der Waals surface area contributed by atoms with Crippen molar-refractivity contribution in [2.45, 2.75) is 13.0 Å². The van der Waals surface area contributed by atoms with E-state index in [4.69, 9.17) is 4.74 Å². The number of hydrogen-bond acceptors (Lipinski definition) is 6. The molecule has 8 nitrogen and oxygen atoms in total. The number of carbonyl (C=O) groups is 1. The van der Waals surface area contributed by atoms with E-state index in [0.29, 0.717) is 11.4 Å². The molecule has 1 aromatic heterocycles. The van der Waals surface area contributed by atoms with Crippen molar-refractivity contribution in [3.63, 3.8) is 0 Å². The van der Waals surface area contributed by atoms with Crippen molar-refractivity contribution in [1.82, 2.24) is 9.78 Å². The molecule has 118 valence electrons. The van der Waals surface area contributed by atoms with Crippen LogP contribution in [-0.4, -0.2) is 27.3 Å². The van der Waals surface area contributed by atoms with Gasteiger partial charge < -0.3 is 10.1 Å². The van der Waals surface area contributed by atoms with Crippen molar-refractivity contribution in [3.05, 3.63) is 69.7 Å². The Morgan fingerprint density at radius 1 is 1.43 bits per heavy atom. The molecule has 1 unspecified atom stereocenters. The number of anilines is 1. The number of aromatic nitrogens is 2. The van der Waals surface area contributed by atoms with Crippen LogP contribution in [0.2, 0.25) is 0 Å². The summed E-state index contributed by atoms with van der Waals surface area (Å²) in [6, 6.07) is 8.26. The molecule has 0 saturated heterocycles. The zero-order valence-corrected chi connectivity index (χ0v) is 12.3. The molecule has 2 heterocycles. The van der Waals surface area contributed by atoms with Crippen LogP contribution in [0.15, 0.2) is 48.4 Å². The van der Waals surface area contributed by atoms with Crippen LogP contribution in [0.5, 0.6) is 0 Å². The number of nitro groups is 1. The molecule has 2 aromatic rings. The van der Waals surface area contributed by atoms with Crippen molar-refractivity contribution < 1.29 is 14.5 Å². The molecule has 1 aromatic carbocycles. The van der Waals surface area contributed by atoms with Crippen molar-refractivity contribution in [2.75, 3.05) is 11.9 Å². The van der Waals surface area contributed by atoms with Crippen molar-refractivity contribution >= 4 is 11.8 Å². The Morgan fingerprint density at radius 3 is 2.83 bits per heavy atom. The molecule has 23 heavy (non-hydrogen) atoms. The van der Waals surface area contributed by atoms with Crippen LogP contribution in [0.3, 0.4) is 0 Å². The maximum Gasteiger partial charge on any atom is 0.343 e. The highest BCUT2D eigenvalue weighted by molar-refractivity contribution is 5.95. The summed E-state index contributed by atoms with van der Waals surface area (Å²) in [7, 11) is 0. The number of allylic oxidation sites excluding steroid dienone is 1. The number of nitrogens with one attached hydrogen (secondary N) is 1. The highest BCUT2D eigenvalue weighted by atomic mass is 16.6. The maximum atomic E-state index is 12.0. The smallest absolute Gasteiger partial charge is 0.343 e. The van der Waals surface area contributed by atoms with Gasteiger partial charge in [0.25, 0.3) is 5.70 Å². The number of ether oxygens (including phenoxy) is 1. The van der Waals surface area contributed by atoms with Crippen LogP contribution in [0, 0.1) is 10.1 Å². The molecule has 0 fully saturated rings. The number of hydrogen-bond donors (Lipinski definition) is 1. The number of carbonyl (C=O) groups excluding carboxylic acids is 1. The van der Waals surface area contributed by atoms with Crippen molar-refractivity contribution in [2.24, 2.45) is 0 Å². The van der Waals surface area contributed by atoms with Crippen molar-refractivity contribution in [1.29, 1.82) is 0 Å². The first-order valence-electron chi connectivity index (χ1n) is 7.04. The predicted octanol–water partition coefficient (Wildman–Crippen LogP) is 2.19. The van der Waals surface area contributed by atoms with Crippen LogP contribution in [0.1, 0.15) is 28.9 Å². The Morgan fingerprint density at radius 2 is 2.17 bits per heavy atom. The summed E-state index contributed by atoms with van der Waals surface area (Å²) in [5, 5.41) is 18.3. The normalized spacial score (nSPS) is 16.0. The lowest BCUT2D eigenvalue weighted by atomic mass is 10.0. The second-order valence-corrected chi connectivity index (χ2v) is 4.86. The summed E-state index contributed by atoms with van der Waals surface area (Å²) < 4.78 is 6.41. The SMILES string of the molecule is CCOC(=O)c1cnn2c1NC=C([N+](=O)[O-])C2c1ccccc1. The Kier molecular flexibility index (Phi) is 3.80. The lowest BCUT2D eigenvalue weighted by Crippen LogP contribution is -2.26. The first kappa shape index (κ1) is 14.8. The lowest BCUT2D eigenvalue weighted by molar-refractivity contribution is -0.431. The van der Waals surface area contributed by atoms with Crippen LogP contribution in [0.4, 0.5) is 5.82 Å². The zero-order valence-electron chi connectivity index (χ0n) is 12.3. The second kappa shape index (κ2) is 5.91. The van der Waals surface area contributed by atoms with Gasteiger partial charge in [0.15, 0.2) is 6.04 Å². The summed E-state index contributed by atoms with van der Waals surface area (Å²) in [4.78, 5) is 22.9. The number of rotatable bonds is 4. The molecule has 8 heteroatoms. The molecule has 1 aliphatic heterocycles. The van der Waals surface area contributed by atoms with E-state index in [2.05, 4.69) is 10.4 Å². The minimum Gasteiger partial charge on any atom is -0.462 e. The Bertz CT molecular complexity index is 782. The van der Waals surface area contributed by atoms with Crippen LogP contribution in [-0.2, 0) is 4.74 Å². The van der Waals surface area contributed by atoms with Crippen molar-refractivity contribution in [3.8, 4) is 0 Å². The molecule has 1 aliphatic rings. The van der Waals surface area contributed by atoms with E-state index in [9.17, 15) is 14.9 Å². The molecule has 0 spiro atoms. The molecule has 0 bridgehead atoms. The first-order chi connectivity index (χ1) is 11.1. The molecule has 1 N–H and O–H groups in total. The van der Waals surface area contributed by atoms with Crippen LogP contribution >= 0.6 is 0 Å². The quantitative estimate of drug-likeness (QED) is 0.527. The molecular formula is C15H14N4O4. The molecular weight excluding hydrogens is 300 g/mol. The monoisotopic (exact) mass is 314 g/mol. The summed E-state index contributed by atoms with van der Waals surface area (Å²) in [6.45, 7) is 1.94. The minimum absolute atomic E-state index is 0.0535. The van der Waals surface area contributed by atoms with Gasteiger partial charge in [-0.1, -0.05) is 30.3 Å². The van der Waals surface area contributed by atoms with Gasteiger partial charge >= 0.3 is 5.97 Å². The number of benzene rings is 1. The van der Waals surface area contributed by atoms with Gasteiger partial charge in [0.2, 0.25) is 0 Å². The topological polar surface area (TPSA) is 99.3 Å². The van der Waals surface area contributed by atoms with Gasteiger partial charge in [-0.25, -0.2) is 9.48 Å². The Hall–Kier alpha value is -3.16. The largest absolute Gasteiger partial charge is 0.462 e. The molecule has 3 rings (SSSR count). The van der Waals surface area contributed by atoms with Crippen LogP contribution < -0.4 is 5.32 Å². The fourth-order valence-electron chi connectivity index (χ4n) is 2.51. The second-order valence-electron chi connectivity index (χ2n) is 4.86. The molecule has 0 radical (unpaired) electrons. The fourth-order valence-corrected chi connectivity index (χ4v) is 2.51. The van der Waals surface area contributed by atoms with Gasteiger partial charge in [-0.15, -0.1) is 0 Å². The van der Waals surface area contributed by atoms with E-state index in [-0.39, 0.29) is 17.9 Å². The molecule has 1 atom stereocenters. The Balaban J connectivity index is 2.10. The molecule has 0 saturated carbocycles. The fraction of sp³-hybridized carbons (Fsp3) is 0.200. The van der Waals surface area contributed by atoms with Gasteiger partial charge in [0.05, 0.1) is 23.9 Å². The van der Waals surface area contributed by atoms with Gasteiger partial charge in [0, 0.05) is 0 Å². The third kappa shape index (κ3) is 2.54. The van der Waals surface area contributed by atoms with E-state index < -0.39 is 16.9 Å². The third-order valence-electron chi connectivity index (χ3n) is 3.50. The first-order valence-corrected chi connectivity index (χ1v) is 7.04. The van der Waals surface area contributed by atoms with E-state index in [1.807, 2.05) is 6.07 Å². The summed E-state index contributed by atoms with van der Waals surface area (Å²) >= 11 is 0. The predicted molar refractivity (Wildman–Crippen MR) is 81.5 cm³/mol. The highest BCUT2D eigenvalue weighted by Gasteiger charge is 2.36. The maximum absolute atomic E-state index is 12.0. The minimum atomic E-state index is -0.717. The van der Waals surface area contributed by atoms with Gasteiger partial charge in [-0.3, -0.25) is 10.1 Å². The summed E-state index contributed by atoms with van der Waals surface area (Å²) in [6.07, 6.45) is 2.64. The molecule has 0 amide bonds. The third-order valence-corrected chi connectivity index (χ3v) is 3.50. The van der Waals surface area contributed by atoms with E-state index in [1.165, 1.54) is 17.1 Å². The Labute approximate surface area is 131 Å². The van der Waals surface area contributed by atoms with Crippen LogP contribution in [0.25, 0.3) is 0 Å². The average Bonchev–Trinajstić information content (AvgIpc) is 2.99. The lowest BCUT2D eigenvalue weighted by Gasteiger charge is -2.22. The van der Waals surface area contributed by atoms with E-state index >= 15 is 0 Å². The molecule has 0 aliphatic carbocycles. The highest BCUT2D eigenvalue weighted by Crippen LogP contribution is 2.34. The average molecular weight is 314 g/mol. The standard InChI is InChI=1S/C15H14N4O4/c1-2-23-15(20)11-8-17-18-13(10-6-4-3-5-7-10)12(19(21)22)9-16-14(11)18/h3-9,13,16H,2H2,1H3.